The average Bonchev–Trinajstić information content (AvgIpc) is 4.01. The minimum atomic E-state index is -2.72. The number of nitrogens with zero attached hydrogens (tertiary/aromatic N) is 3. The summed E-state index contributed by atoms with van der Waals surface area (Å²) >= 11 is 0. The van der Waals surface area contributed by atoms with Crippen LogP contribution in [0.3, 0.4) is 0 Å². The van der Waals surface area contributed by atoms with Crippen molar-refractivity contribution in [3.63, 3.8) is 0 Å². The van der Waals surface area contributed by atoms with Gasteiger partial charge in [0, 0.05) is 55.1 Å². The number of benzene rings is 10. The maximum absolute atomic E-state index is 2.72. The molecule has 64 heavy (non-hydrogen) atoms. The van der Waals surface area contributed by atoms with Gasteiger partial charge in [-0.3, -0.25) is 0 Å². The van der Waals surface area contributed by atoms with Crippen molar-refractivity contribution in [2.75, 3.05) is 4.90 Å². The van der Waals surface area contributed by atoms with Gasteiger partial charge in [-0.25, -0.2) is 0 Å². The van der Waals surface area contributed by atoms with Gasteiger partial charge in [-0.1, -0.05) is 176 Å². The van der Waals surface area contributed by atoms with E-state index in [0.717, 1.165) is 22.7 Å². The number of hydrogen-bond donors (Lipinski definition) is 0. The molecule has 0 unspecified atom stereocenters. The van der Waals surface area contributed by atoms with E-state index in [9.17, 15) is 0 Å². The Morgan fingerprint density at radius 2 is 0.672 bits per heavy atom. The Morgan fingerprint density at radius 1 is 0.281 bits per heavy atom. The molecule has 0 spiro atoms. The Morgan fingerprint density at radius 3 is 1.22 bits per heavy atom. The Balaban J connectivity index is 1.01. The summed E-state index contributed by atoms with van der Waals surface area (Å²) in [6, 6.07) is 92.1. The Hall–Kier alpha value is -8.18. The highest BCUT2D eigenvalue weighted by Crippen LogP contribution is 2.43. The molecule has 0 aliphatic rings. The van der Waals surface area contributed by atoms with Crippen molar-refractivity contribution in [2.24, 2.45) is 0 Å². The summed E-state index contributed by atoms with van der Waals surface area (Å²) in [5.74, 6) is 0. The van der Waals surface area contributed by atoms with Crippen LogP contribution in [0.25, 0.3) is 65.6 Å². The van der Waals surface area contributed by atoms with Crippen LogP contribution in [0.5, 0.6) is 0 Å². The lowest BCUT2D eigenvalue weighted by molar-refractivity contribution is 1.17. The quantitative estimate of drug-likeness (QED) is 0.110. The zero-order chi connectivity index (χ0) is 42.2. The van der Waals surface area contributed by atoms with Crippen LogP contribution in [0.15, 0.2) is 249 Å². The Kier molecular flexibility index (Phi) is 8.23. The van der Waals surface area contributed by atoms with Gasteiger partial charge in [0.2, 0.25) is 0 Å². The first kappa shape index (κ1) is 36.5. The Bertz CT molecular complexity index is 3670. The number of rotatable bonds is 8. The van der Waals surface area contributed by atoms with Crippen molar-refractivity contribution < 1.29 is 0 Å². The second-order valence-electron chi connectivity index (χ2n) is 16.9. The van der Waals surface area contributed by atoms with Crippen LogP contribution < -0.4 is 25.6 Å². The predicted octanol–water partition coefficient (Wildman–Crippen LogP) is 12.8. The number of para-hydroxylation sites is 4. The second kappa shape index (κ2) is 14.5. The van der Waals surface area contributed by atoms with Crippen LogP contribution in [0, 0.1) is 0 Å². The van der Waals surface area contributed by atoms with E-state index in [4.69, 9.17) is 0 Å². The van der Waals surface area contributed by atoms with Crippen LogP contribution >= 0.6 is 0 Å². The zero-order valence-corrected chi connectivity index (χ0v) is 36.0. The number of fused-ring (bicyclic) bond motifs is 9. The maximum Gasteiger partial charge on any atom is 0.179 e. The highest BCUT2D eigenvalue weighted by atomic mass is 28.3. The van der Waals surface area contributed by atoms with E-state index < -0.39 is 8.07 Å². The molecule has 0 amide bonds. The smallest absolute Gasteiger partial charge is 0.179 e. The first-order valence-corrected chi connectivity index (χ1v) is 24.1. The van der Waals surface area contributed by atoms with E-state index in [2.05, 4.69) is 263 Å². The third-order valence-electron chi connectivity index (χ3n) is 13.6. The molecule has 0 fully saturated rings. The van der Waals surface area contributed by atoms with Crippen LogP contribution in [-0.2, 0) is 0 Å². The summed E-state index contributed by atoms with van der Waals surface area (Å²) in [4.78, 5) is 2.43. The van der Waals surface area contributed by atoms with Crippen molar-refractivity contribution in [2.45, 2.75) is 0 Å². The molecule has 13 aromatic rings. The largest absolute Gasteiger partial charge is 0.310 e. The molecule has 0 aliphatic heterocycles. The van der Waals surface area contributed by atoms with Crippen molar-refractivity contribution in [1.82, 2.24) is 8.97 Å². The number of hydrogen-bond acceptors (Lipinski definition) is 1. The van der Waals surface area contributed by atoms with Crippen LogP contribution in [0.2, 0.25) is 0 Å². The lowest BCUT2D eigenvalue weighted by atomic mass is 10.1. The molecule has 0 radical (unpaired) electrons. The van der Waals surface area contributed by atoms with Gasteiger partial charge in [0.05, 0.1) is 27.6 Å². The van der Waals surface area contributed by atoms with E-state index in [1.165, 1.54) is 80.6 Å². The molecule has 0 saturated heterocycles. The molecule has 10 aromatic carbocycles. The van der Waals surface area contributed by atoms with E-state index >= 15 is 0 Å². The van der Waals surface area contributed by atoms with E-state index in [1.807, 2.05) is 0 Å². The fourth-order valence-corrected chi connectivity index (χ4v) is 15.6. The maximum atomic E-state index is 2.46. The van der Waals surface area contributed by atoms with Gasteiger partial charge >= 0.3 is 0 Å². The van der Waals surface area contributed by atoms with E-state index in [-0.39, 0.29) is 0 Å². The lowest BCUT2D eigenvalue weighted by Crippen LogP contribution is -2.74. The van der Waals surface area contributed by atoms with Gasteiger partial charge in [-0.15, -0.1) is 0 Å². The number of anilines is 3. The zero-order valence-electron chi connectivity index (χ0n) is 35.0. The molecule has 0 aliphatic carbocycles. The van der Waals surface area contributed by atoms with E-state index in [0.29, 0.717) is 0 Å². The monoisotopic (exact) mass is 831 g/mol. The molecule has 3 heterocycles. The second-order valence-corrected chi connectivity index (χ2v) is 20.7. The minimum Gasteiger partial charge on any atom is -0.310 e. The topological polar surface area (TPSA) is 12.6 Å². The first-order chi connectivity index (χ1) is 31.8. The average molecular weight is 832 g/mol. The van der Waals surface area contributed by atoms with Gasteiger partial charge in [0.1, 0.15) is 0 Å². The highest BCUT2D eigenvalue weighted by molar-refractivity contribution is 7.19. The molecule has 300 valence electrons. The van der Waals surface area contributed by atoms with E-state index in [1.54, 1.807) is 0 Å². The summed E-state index contributed by atoms with van der Waals surface area (Å²) < 4.78 is 4.85. The molecule has 4 heteroatoms. The van der Waals surface area contributed by atoms with Gasteiger partial charge in [0.15, 0.2) is 8.07 Å². The third-order valence-corrected chi connectivity index (χ3v) is 18.4. The summed E-state index contributed by atoms with van der Waals surface area (Å²) in [6.07, 6.45) is 0. The summed E-state index contributed by atoms with van der Waals surface area (Å²) in [7, 11) is -2.72. The van der Waals surface area contributed by atoms with Crippen LogP contribution in [-0.4, -0.2) is 17.0 Å². The fourth-order valence-electron chi connectivity index (χ4n) is 10.9. The summed E-state index contributed by atoms with van der Waals surface area (Å²) in [6.45, 7) is 0. The van der Waals surface area contributed by atoms with Gasteiger partial charge in [-0.05, 0) is 93.5 Å². The van der Waals surface area contributed by atoms with Crippen molar-refractivity contribution in [3.8, 4) is 5.69 Å². The van der Waals surface area contributed by atoms with Gasteiger partial charge in [-0.2, -0.15) is 0 Å². The molecular weight excluding hydrogens is 791 g/mol. The number of aromatic nitrogens is 2. The third kappa shape index (κ3) is 5.33. The first-order valence-electron chi connectivity index (χ1n) is 22.1. The Labute approximate surface area is 372 Å². The minimum absolute atomic E-state index is 1.09. The molecule has 13 rings (SSSR count). The van der Waals surface area contributed by atoms with Crippen molar-refractivity contribution in [1.29, 1.82) is 0 Å². The van der Waals surface area contributed by atoms with Gasteiger partial charge < -0.3 is 13.9 Å². The fraction of sp³-hybridized carbons (Fsp3) is 0. The lowest BCUT2D eigenvalue weighted by Gasteiger charge is -2.35. The predicted molar refractivity (Wildman–Crippen MR) is 274 cm³/mol. The standard InChI is InChI=1S/C60H41N3Si/c1-4-17-46(18-5-1)64(47-19-6-2-7-20-47,48-21-8-3-9-22-48)49-38-35-43(36-39-49)61(42-31-33-44(34-32-42)62-56-28-13-10-23-50(56)51-24-11-14-29-57(51)62)45-37-40-59-55(41-45)54-27-16-26-53-52-25-12-15-30-58(52)63(59)60(53)54/h1-41H. The summed E-state index contributed by atoms with van der Waals surface area (Å²) in [5.41, 5.74) is 10.6. The molecule has 0 bridgehead atoms. The molecule has 0 atom stereocenters. The molecular formula is C60H41N3Si. The van der Waals surface area contributed by atoms with Crippen molar-refractivity contribution in [3.05, 3.63) is 249 Å². The summed E-state index contributed by atoms with van der Waals surface area (Å²) in [5, 5.41) is 13.1. The highest BCUT2D eigenvalue weighted by Gasteiger charge is 2.41. The molecule has 0 N–H and O–H groups in total. The van der Waals surface area contributed by atoms with Crippen molar-refractivity contribution >= 4 is 106 Å². The normalized spacial score (nSPS) is 12.1. The SMILES string of the molecule is c1ccc([Si](c2ccccc2)(c2ccccc2)c2ccc(N(c3ccc(-n4c5ccccc5c5ccccc54)cc3)c3ccc4c(c3)c3cccc5c6ccccc6n4c53)cc2)cc1. The molecule has 0 saturated carbocycles. The molecule has 3 nitrogen and oxygen atoms in total. The van der Waals surface area contributed by atoms with Crippen LogP contribution in [0.4, 0.5) is 17.1 Å². The van der Waals surface area contributed by atoms with Gasteiger partial charge in [0.25, 0.3) is 0 Å². The van der Waals surface area contributed by atoms with Crippen LogP contribution in [0.1, 0.15) is 0 Å². The molecule has 3 aromatic heterocycles.